The highest BCUT2D eigenvalue weighted by Gasteiger charge is 2.37. The van der Waals surface area contributed by atoms with E-state index in [1.165, 1.54) is 0 Å². The van der Waals surface area contributed by atoms with Gasteiger partial charge in [0.2, 0.25) is 6.29 Å². The van der Waals surface area contributed by atoms with Gasteiger partial charge in [-0.3, -0.25) is 9.80 Å². The van der Waals surface area contributed by atoms with Gasteiger partial charge >= 0.3 is 12.2 Å². The average molecular weight is 723 g/mol. The van der Waals surface area contributed by atoms with Crippen molar-refractivity contribution in [3.8, 4) is 34.0 Å². The molecule has 2 aromatic carbocycles. The van der Waals surface area contributed by atoms with Gasteiger partial charge in [0, 0.05) is 46.5 Å². The zero-order chi connectivity index (χ0) is 37.2. The van der Waals surface area contributed by atoms with Crippen LogP contribution in [-0.2, 0) is 9.47 Å². The van der Waals surface area contributed by atoms with E-state index in [1.807, 2.05) is 77.9 Å². The van der Waals surface area contributed by atoms with Crippen LogP contribution in [0, 0.1) is 0 Å². The second kappa shape index (κ2) is 13.0. The molecule has 53 heavy (non-hydrogen) atoms. The highest BCUT2D eigenvalue weighted by molar-refractivity contribution is 5.99. The van der Waals surface area contributed by atoms with E-state index in [0.717, 1.165) is 64.9 Å². The molecule has 13 nitrogen and oxygen atoms in total. The standard InChI is InChI=1S/C40H46N6O7/c1-39(2,3)52-37(48)45-15-7-9-29(45)34-41-19-27(43-34)22-12-14-25-31(17-22)50-21-26-24-13-11-23(18-32(24)51-36(47)33(25)26)28-20-42-35(44-28)30-10-8-16-46(30)38(49)53-40(4,5)6/h11-14,17-20,29-30,36,47H,7-10,15-16,21H2,1-6H3,(H,41,43)(H,42,44). The molecule has 0 aliphatic carbocycles. The molecule has 278 valence electrons. The number of rotatable bonds is 4. The number of aliphatic hydroxyl groups is 1. The topological polar surface area (TPSA) is 155 Å². The van der Waals surface area contributed by atoms with E-state index in [9.17, 15) is 14.7 Å². The lowest BCUT2D eigenvalue weighted by molar-refractivity contribution is 0.0208. The third-order valence-electron chi connectivity index (χ3n) is 9.97. The van der Waals surface area contributed by atoms with Crippen molar-refractivity contribution < 1.29 is 33.6 Å². The molecule has 2 saturated heterocycles. The number of likely N-dealkylation sites (tertiary alicyclic amines) is 2. The number of amides is 2. The van der Waals surface area contributed by atoms with Crippen LogP contribution in [0.5, 0.6) is 11.5 Å². The Labute approximate surface area is 308 Å². The summed E-state index contributed by atoms with van der Waals surface area (Å²) >= 11 is 0. The Balaban J connectivity index is 1.01. The molecular formula is C40H46N6O7. The van der Waals surface area contributed by atoms with E-state index in [-0.39, 0.29) is 30.9 Å². The quantitative estimate of drug-likeness (QED) is 0.193. The smallest absolute Gasteiger partial charge is 0.410 e. The van der Waals surface area contributed by atoms with E-state index < -0.39 is 17.5 Å². The van der Waals surface area contributed by atoms with Crippen molar-refractivity contribution in [2.24, 2.45) is 0 Å². The largest absolute Gasteiger partial charge is 0.488 e. The van der Waals surface area contributed by atoms with Crippen molar-refractivity contribution in [3.63, 3.8) is 0 Å². The fourth-order valence-electron chi connectivity index (χ4n) is 7.63. The monoisotopic (exact) mass is 722 g/mol. The van der Waals surface area contributed by atoms with Gasteiger partial charge in [0.1, 0.15) is 41.0 Å². The lowest BCUT2D eigenvalue weighted by Gasteiger charge is -2.32. The Morgan fingerprint density at radius 2 is 1.28 bits per heavy atom. The van der Waals surface area contributed by atoms with Gasteiger partial charge < -0.3 is 34.0 Å². The van der Waals surface area contributed by atoms with Crippen molar-refractivity contribution in [1.29, 1.82) is 0 Å². The number of ether oxygens (including phenoxy) is 4. The number of aromatic nitrogens is 4. The molecule has 3 N–H and O–H groups in total. The number of hydrogen-bond donors (Lipinski definition) is 3. The molecule has 2 amide bonds. The second-order valence-corrected chi connectivity index (χ2v) is 16.1. The molecule has 8 rings (SSSR count). The van der Waals surface area contributed by atoms with Crippen LogP contribution in [0.2, 0.25) is 0 Å². The van der Waals surface area contributed by atoms with Gasteiger partial charge in [-0.25, -0.2) is 19.6 Å². The predicted octanol–water partition coefficient (Wildman–Crippen LogP) is 7.62. The number of nitrogens with zero attached hydrogens (tertiary/aromatic N) is 4. The first-order valence-corrected chi connectivity index (χ1v) is 18.3. The highest BCUT2D eigenvalue weighted by atomic mass is 16.6. The minimum atomic E-state index is -1.19. The van der Waals surface area contributed by atoms with E-state index in [2.05, 4.69) is 19.9 Å². The Morgan fingerprint density at radius 1 is 0.774 bits per heavy atom. The first-order chi connectivity index (χ1) is 25.2. The molecule has 2 aromatic heterocycles. The maximum absolute atomic E-state index is 12.9. The number of nitrogens with one attached hydrogen (secondary N) is 2. The maximum atomic E-state index is 12.9. The number of aromatic amines is 2. The summed E-state index contributed by atoms with van der Waals surface area (Å²) in [7, 11) is 0. The fraction of sp³-hybridized carbons (Fsp3) is 0.450. The molecule has 4 aliphatic heterocycles. The van der Waals surface area contributed by atoms with E-state index >= 15 is 0 Å². The first-order valence-electron chi connectivity index (χ1n) is 18.3. The zero-order valence-corrected chi connectivity index (χ0v) is 31.0. The van der Waals surface area contributed by atoms with Crippen molar-refractivity contribution in [2.45, 2.75) is 96.8 Å². The Morgan fingerprint density at radius 3 is 1.81 bits per heavy atom. The number of benzene rings is 2. The van der Waals surface area contributed by atoms with Crippen LogP contribution in [0.1, 0.15) is 102 Å². The number of aliphatic hydroxyl groups excluding tert-OH is 1. The van der Waals surface area contributed by atoms with Crippen LogP contribution in [0.15, 0.2) is 48.8 Å². The van der Waals surface area contributed by atoms with Gasteiger partial charge in [-0.2, -0.15) is 0 Å². The summed E-state index contributed by atoms with van der Waals surface area (Å²) in [5, 5.41) is 11.4. The average Bonchev–Trinajstić information content (AvgIpc) is 3.92. The molecular weight excluding hydrogens is 676 g/mol. The molecule has 2 fully saturated rings. The summed E-state index contributed by atoms with van der Waals surface area (Å²) in [5.41, 5.74) is 5.28. The molecule has 3 unspecified atom stereocenters. The molecule has 0 saturated carbocycles. The van der Waals surface area contributed by atoms with E-state index in [4.69, 9.17) is 18.9 Å². The Bertz CT molecular complexity index is 2100. The summed E-state index contributed by atoms with van der Waals surface area (Å²) < 4.78 is 23.7. The number of hydrogen-bond acceptors (Lipinski definition) is 9. The van der Waals surface area contributed by atoms with Crippen molar-refractivity contribution in [1.82, 2.24) is 29.7 Å². The van der Waals surface area contributed by atoms with Crippen LogP contribution >= 0.6 is 0 Å². The third-order valence-corrected chi connectivity index (χ3v) is 9.97. The molecule has 0 radical (unpaired) electrons. The normalized spacial score (nSPS) is 21.1. The van der Waals surface area contributed by atoms with Crippen LogP contribution in [-0.4, -0.2) is 84.2 Å². The van der Waals surface area contributed by atoms with Gasteiger partial charge in [0.15, 0.2) is 0 Å². The van der Waals surface area contributed by atoms with Crippen molar-refractivity contribution in [2.75, 3.05) is 19.7 Å². The first kappa shape index (κ1) is 34.8. The van der Waals surface area contributed by atoms with Gasteiger partial charge in [-0.15, -0.1) is 0 Å². The van der Waals surface area contributed by atoms with Crippen LogP contribution < -0.4 is 9.47 Å². The predicted molar refractivity (Wildman–Crippen MR) is 197 cm³/mol. The SMILES string of the molecule is CC(C)(C)OC(=O)N1CCCC1c1ncc(-c2ccc3c(c2)OC(O)C2=C3COc3cc(-c4cnc(C5CCCN5C(=O)OC(C)(C)C)[nH]4)ccc32)[nH]1. The van der Waals surface area contributed by atoms with E-state index in [1.54, 1.807) is 22.2 Å². The fourth-order valence-corrected chi connectivity index (χ4v) is 7.63. The zero-order valence-electron chi connectivity index (χ0n) is 31.0. The van der Waals surface area contributed by atoms with Crippen molar-refractivity contribution >= 4 is 23.3 Å². The van der Waals surface area contributed by atoms with Gasteiger partial charge in [0.25, 0.3) is 0 Å². The van der Waals surface area contributed by atoms with Crippen molar-refractivity contribution in [3.05, 3.63) is 71.6 Å². The molecule has 3 atom stereocenters. The second-order valence-electron chi connectivity index (χ2n) is 16.1. The van der Waals surface area contributed by atoms with E-state index in [0.29, 0.717) is 41.8 Å². The van der Waals surface area contributed by atoms with Gasteiger partial charge in [0.05, 0.1) is 35.9 Å². The summed E-state index contributed by atoms with van der Waals surface area (Å²) in [4.78, 5) is 45.4. The third kappa shape index (κ3) is 6.74. The minimum absolute atomic E-state index is 0.188. The summed E-state index contributed by atoms with van der Waals surface area (Å²) in [6.07, 6.45) is 5.01. The van der Waals surface area contributed by atoms with Gasteiger partial charge in [-0.05, 0) is 79.4 Å². The molecule has 4 aliphatic rings. The minimum Gasteiger partial charge on any atom is -0.488 e. The summed E-state index contributed by atoms with van der Waals surface area (Å²) in [6, 6.07) is 11.3. The summed E-state index contributed by atoms with van der Waals surface area (Å²) in [5.74, 6) is 2.60. The number of imidazole rings is 2. The van der Waals surface area contributed by atoms with Crippen LogP contribution in [0.3, 0.4) is 0 Å². The highest BCUT2D eigenvalue weighted by Crippen LogP contribution is 2.47. The lowest BCUT2D eigenvalue weighted by Crippen LogP contribution is -2.36. The summed E-state index contributed by atoms with van der Waals surface area (Å²) in [6.45, 7) is 12.7. The number of carbonyl (C=O) groups excluding carboxylic acids is 2. The number of H-pyrrole nitrogens is 2. The Kier molecular flexibility index (Phi) is 8.51. The molecule has 4 aromatic rings. The van der Waals surface area contributed by atoms with Crippen LogP contribution in [0.4, 0.5) is 9.59 Å². The van der Waals surface area contributed by atoms with Crippen LogP contribution in [0.25, 0.3) is 33.7 Å². The Hall–Kier alpha value is -5.30. The molecule has 0 bridgehead atoms. The lowest BCUT2D eigenvalue weighted by atomic mass is 9.88. The molecule has 0 spiro atoms. The maximum Gasteiger partial charge on any atom is 0.410 e. The molecule has 6 heterocycles. The number of fused-ring (bicyclic) bond motifs is 4. The number of carbonyl (C=O) groups is 2. The molecule has 13 heteroatoms. The van der Waals surface area contributed by atoms with Gasteiger partial charge in [-0.1, -0.05) is 24.3 Å².